The molecule has 3 nitrogen and oxygen atoms in total. The van der Waals surface area contributed by atoms with Gasteiger partial charge in [0, 0.05) is 6.04 Å². The van der Waals surface area contributed by atoms with E-state index in [1.165, 1.54) is 5.56 Å². The van der Waals surface area contributed by atoms with Crippen LogP contribution in [0.4, 0.5) is 0 Å². The van der Waals surface area contributed by atoms with E-state index in [0.717, 1.165) is 24.0 Å². The standard InChI is InChI=1S/C18H29NO2/c1-12(19-11-16-17(2,3)18(16,4)5)13-8-9-14(20-6)15(10-13)21-7/h8-10,12,16,19H,11H2,1-7H3. The lowest BCUT2D eigenvalue weighted by Crippen LogP contribution is -2.23. The van der Waals surface area contributed by atoms with Crippen molar-refractivity contribution in [3.05, 3.63) is 23.8 Å². The van der Waals surface area contributed by atoms with Gasteiger partial charge < -0.3 is 14.8 Å². The van der Waals surface area contributed by atoms with Crippen LogP contribution in [0.1, 0.15) is 46.2 Å². The average Bonchev–Trinajstić information content (AvgIpc) is 2.84. The number of rotatable bonds is 6. The number of hydrogen-bond acceptors (Lipinski definition) is 3. The fourth-order valence-corrected chi connectivity index (χ4v) is 3.38. The molecule has 2 rings (SSSR count). The van der Waals surface area contributed by atoms with Crippen molar-refractivity contribution < 1.29 is 9.47 Å². The zero-order valence-electron chi connectivity index (χ0n) is 14.4. The smallest absolute Gasteiger partial charge is 0.161 e. The highest BCUT2D eigenvalue weighted by atomic mass is 16.5. The van der Waals surface area contributed by atoms with Crippen LogP contribution < -0.4 is 14.8 Å². The van der Waals surface area contributed by atoms with Gasteiger partial charge >= 0.3 is 0 Å². The Morgan fingerprint density at radius 1 is 1.05 bits per heavy atom. The molecule has 3 heteroatoms. The minimum absolute atomic E-state index is 0.303. The van der Waals surface area contributed by atoms with Gasteiger partial charge in [-0.05, 0) is 47.9 Å². The topological polar surface area (TPSA) is 30.5 Å². The molecule has 1 fully saturated rings. The van der Waals surface area contributed by atoms with Crippen LogP contribution in [0.3, 0.4) is 0 Å². The van der Waals surface area contributed by atoms with Crippen molar-refractivity contribution in [1.82, 2.24) is 5.32 Å². The van der Waals surface area contributed by atoms with E-state index in [4.69, 9.17) is 9.47 Å². The molecule has 0 bridgehead atoms. The monoisotopic (exact) mass is 291 g/mol. The van der Waals surface area contributed by atoms with Crippen LogP contribution in [0.25, 0.3) is 0 Å². The highest BCUT2D eigenvalue weighted by molar-refractivity contribution is 5.43. The summed E-state index contributed by atoms with van der Waals surface area (Å²) in [6.07, 6.45) is 0. The van der Waals surface area contributed by atoms with Crippen LogP contribution in [0, 0.1) is 16.7 Å². The molecule has 1 N–H and O–H groups in total. The van der Waals surface area contributed by atoms with Gasteiger partial charge in [0.05, 0.1) is 14.2 Å². The number of methoxy groups -OCH3 is 2. The van der Waals surface area contributed by atoms with Gasteiger partial charge in [-0.3, -0.25) is 0 Å². The predicted octanol–water partition coefficient (Wildman–Crippen LogP) is 4.04. The van der Waals surface area contributed by atoms with Crippen molar-refractivity contribution in [3.63, 3.8) is 0 Å². The molecule has 0 saturated heterocycles. The SMILES string of the molecule is COc1ccc(C(C)NCC2C(C)(C)C2(C)C)cc1OC. The summed E-state index contributed by atoms with van der Waals surface area (Å²) in [5.41, 5.74) is 2.08. The van der Waals surface area contributed by atoms with Gasteiger partial charge in [0.1, 0.15) is 0 Å². The van der Waals surface area contributed by atoms with E-state index in [-0.39, 0.29) is 0 Å². The quantitative estimate of drug-likeness (QED) is 0.858. The molecule has 1 aromatic carbocycles. The molecule has 1 saturated carbocycles. The molecule has 0 radical (unpaired) electrons. The summed E-state index contributed by atoms with van der Waals surface area (Å²) in [4.78, 5) is 0. The van der Waals surface area contributed by atoms with E-state index < -0.39 is 0 Å². The van der Waals surface area contributed by atoms with Crippen LogP contribution in [0.15, 0.2) is 18.2 Å². The van der Waals surface area contributed by atoms with Crippen molar-refractivity contribution >= 4 is 0 Å². The summed E-state index contributed by atoms with van der Waals surface area (Å²) in [6, 6.07) is 6.43. The van der Waals surface area contributed by atoms with Gasteiger partial charge in [-0.15, -0.1) is 0 Å². The summed E-state index contributed by atoms with van der Waals surface area (Å²) in [5.74, 6) is 2.29. The van der Waals surface area contributed by atoms with Crippen molar-refractivity contribution in [3.8, 4) is 11.5 Å². The maximum Gasteiger partial charge on any atom is 0.161 e. The molecule has 0 heterocycles. The number of benzene rings is 1. The molecule has 0 aromatic heterocycles. The van der Waals surface area contributed by atoms with E-state index in [9.17, 15) is 0 Å². The molecular weight excluding hydrogens is 262 g/mol. The molecule has 1 atom stereocenters. The third-order valence-corrected chi connectivity index (χ3v) is 5.86. The van der Waals surface area contributed by atoms with Crippen LogP contribution in [0.5, 0.6) is 11.5 Å². The summed E-state index contributed by atoms with van der Waals surface area (Å²) in [7, 11) is 3.34. The average molecular weight is 291 g/mol. The van der Waals surface area contributed by atoms with Crippen molar-refractivity contribution in [2.45, 2.75) is 40.7 Å². The maximum absolute atomic E-state index is 5.38. The minimum atomic E-state index is 0.303. The molecule has 0 aliphatic heterocycles. The second-order valence-electron chi connectivity index (χ2n) is 7.24. The minimum Gasteiger partial charge on any atom is -0.493 e. The molecule has 0 spiro atoms. The first-order valence-corrected chi connectivity index (χ1v) is 7.71. The number of nitrogens with one attached hydrogen (secondary N) is 1. The van der Waals surface area contributed by atoms with E-state index in [1.54, 1.807) is 14.2 Å². The second kappa shape index (κ2) is 5.53. The molecule has 1 unspecified atom stereocenters. The molecule has 21 heavy (non-hydrogen) atoms. The van der Waals surface area contributed by atoms with Gasteiger partial charge in [0.15, 0.2) is 11.5 Å². The first-order chi connectivity index (χ1) is 9.75. The lowest BCUT2D eigenvalue weighted by atomic mass is 10.0. The molecule has 1 aliphatic carbocycles. The Kier molecular flexibility index (Phi) is 4.25. The fourth-order valence-electron chi connectivity index (χ4n) is 3.38. The third-order valence-electron chi connectivity index (χ3n) is 5.86. The van der Waals surface area contributed by atoms with E-state index in [1.807, 2.05) is 6.07 Å². The van der Waals surface area contributed by atoms with Crippen molar-refractivity contribution in [1.29, 1.82) is 0 Å². The molecular formula is C18H29NO2. The number of hydrogen-bond donors (Lipinski definition) is 1. The van der Waals surface area contributed by atoms with Gasteiger partial charge in [0.2, 0.25) is 0 Å². The number of ether oxygens (including phenoxy) is 2. The maximum atomic E-state index is 5.38. The van der Waals surface area contributed by atoms with E-state index >= 15 is 0 Å². The Morgan fingerprint density at radius 3 is 2.10 bits per heavy atom. The van der Waals surface area contributed by atoms with E-state index in [0.29, 0.717) is 16.9 Å². The van der Waals surface area contributed by atoms with Crippen LogP contribution >= 0.6 is 0 Å². The zero-order valence-corrected chi connectivity index (χ0v) is 14.4. The van der Waals surface area contributed by atoms with E-state index in [2.05, 4.69) is 52.1 Å². The van der Waals surface area contributed by atoms with Crippen LogP contribution in [-0.4, -0.2) is 20.8 Å². The Balaban J connectivity index is 2.00. The first kappa shape index (κ1) is 16.2. The molecule has 1 aliphatic rings. The third kappa shape index (κ3) is 2.76. The molecule has 118 valence electrons. The second-order valence-corrected chi connectivity index (χ2v) is 7.24. The lowest BCUT2D eigenvalue weighted by molar-refractivity contribution is 0.354. The van der Waals surface area contributed by atoms with Crippen LogP contribution in [-0.2, 0) is 0 Å². The Hall–Kier alpha value is -1.22. The predicted molar refractivity (Wildman–Crippen MR) is 87.0 cm³/mol. The Morgan fingerprint density at radius 2 is 1.62 bits per heavy atom. The van der Waals surface area contributed by atoms with Crippen molar-refractivity contribution in [2.75, 3.05) is 20.8 Å². The largest absolute Gasteiger partial charge is 0.493 e. The van der Waals surface area contributed by atoms with Crippen molar-refractivity contribution in [2.24, 2.45) is 16.7 Å². The van der Waals surface area contributed by atoms with Gasteiger partial charge in [-0.25, -0.2) is 0 Å². The van der Waals surface area contributed by atoms with Gasteiger partial charge in [0.25, 0.3) is 0 Å². The summed E-state index contributed by atoms with van der Waals surface area (Å²) in [5, 5.41) is 3.66. The van der Waals surface area contributed by atoms with Crippen LogP contribution in [0.2, 0.25) is 0 Å². The Labute approximate surface area is 129 Å². The summed E-state index contributed by atoms with van der Waals surface area (Å²) >= 11 is 0. The molecule has 1 aromatic rings. The first-order valence-electron chi connectivity index (χ1n) is 7.71. The zero-order chi connectivity index (χ0) is 15.8. The highest BCUT2D eigenvalue weighted by Crippen LogP contribution is 2.68. The normalized spacial score (nSPS) is 20.9. The fraction of sp³-hybridized carbons (Fsp3) is 0.667. The van der Waals surface area contributed by atoms with Gasteiger partial charge in [-0.1, -0.05) is 33.8 Å². The lowest BCUT2D eigenvalue weighted by Gasteiger charge is -2.17. The summed E-state index contributed by atoms with van der Waals surface area (Å²) in [6.45, 7) is 12.7. The van der Waals surface area contributed by atoms with Gasteiger partial charge in [-0.2, -0.15) is 0 Å². The molecule has 0 amide bonds. The highest BCUT2D eigenvalue weighted by Gasteiger charge is 2.63. The Bertz CT molecular complexity index is 494. The summed E-state index contributed by atoms with van der Waals surface area (Å²) < 4.78 is 10.7.